The summed E-state index contributed by atoms with van der Waals surface area (Å²) in [7, 11) is 1.75. The van der Waals surface area contributed by atoms with E-state index in [-0.39, 0.29) is 0 Å². The highest BCUT2D eigenvalue weighted by Gasteiger charge is 2.15. The SMILES string of the molecule is COCCC(C)NC1CCNC1. The van der Waals surface area contributed by atoms with Crippen molar-refractivity contribution in [2.45, 2.75) is 31.8 Å². The fourth-order valence-electron chi connectivity index (χ4n) is 1.58. The molecule has 1 fully saturated rings. The summed E-state index contributed by atoms with van der Waals surface area (Å²) in [5.74, 6) is 0. The van der Waals surface area contributed by atoms with Gasteiger partial charge in [-0.25, -0.2) is 0 Å². The molecule has 0 spiro atoms. The number of ether oxygens (including phenoxy) is 1. The van der Waals surface area contributed by atoms with Gasteiger partial charge in [0, 0.05) is 32.3 Å². The predicted molar refractivity (Wildman–Crippen MR) is 50.4 cm³/mol. The summed E-state index contributed by atoms with van der Waals surface area (Å²) in [5, 5.41) is 6.91. The van der Waals surface area contributed by atoms with Crippen molar-refractivity contribution in [3.8, 4) is 0 Å². The van der Waals surface area contributed by atoms with E-state index in [2.05, 4.69) is 17.6 Å². The average molecular weight is 172 g/mol. The lowest BCUT2D eigenvalue weighted by atomic mass is 10.2. The lowest BCUT2D eigenvalue weighted by Crippen LogP contribution is -2.38. The Labute approximate surface area is 74.9 Å². The van der Waals surface area contributed by atoms with Crippen LogP contribution in [-0.2, 0) is 4.74 Å². The van der Waals surface area contributed by atoms with Gasteiger partial charge in [-0.2, -0.15) is 0 Å². The Bertz CT molecular complexity index is 113. The van der Waals surface area contributed by atoms with Crippen LogP contribution in [0.3, 0.4) is 0 Å². The number of rotatable bonds is 5. The molecular formula is C9H20N2O. The molecule has 0 bridgehead atoms. The van der Waals surface area contributed by atoms with E-state index in [1.54, 1.807) is 7.11 Å². The molecule has 1 rings (SSSR count). The smallest absolute Gasteiger partial charge is 0.0476 e. The first-order valence-corrected chi connectivity index (χ1v) is 4.78. The molecule has 2 N–H and O–H groups in total. The molecular weight excluding hydrogens is 152 g/mol. The number of hydrogen-bond acceptors (Lipinski definition) is 3. The molecule has 0 aromatic heterocycles. The highest BCUT2D eigenvalue weighted by atomic mass is 16.5. The van der Waals surface area contributed by atoms with Gasteiger partial charge in [-0.05, 0) is 26.3 Å². The van der Waals surface area contributed by atoms with Crippen molar-refractivity contribution in [2.24, 2.45) is 0 Å². The largest absolute Gasteiger partial charge is 0.385 e. The van der Waals surface area contributed by atoms with E-state index in [0.717, 1.165) is 26.1 Å². The van der Waals surface area contributed by atoms with Crippen molar-refractivity contribution >= 4 is 0 Å². The van der Waals surface area contributed by atoms with Crippen LogP contribution in [0.15, 0.2) is 0 Å². The first kappa shape index (κ1) is 9.96. The third kappa shape index (κ3) is 3.52. The lowest BCUT2D eigenvalue weighted by molar-refractivity contribution is 0.183. The maximum atomic E-state index is 5.02. The molecule has 0 saturated carbocycles. The van der Waals surface area contributed by atoms with E-state index in [4.69, 9.17) is 4.74 Å². The van der Waals surface area contributed by atoms with Crippen LogP contribution in [0.5, 0.6) is 0 Å². The fourth-order valence-corrected chi connectivity index (χ4v) is 1.58. The van der Waals surface area contributed by atoms with Gasteiger partial charge in [0.15, 0.2) is 0 Å². The Balaban J connectivity index is 2.03. The zero-order valence-electron chi connectivity index (χ0n) is 8.10. The minimum Gasteiger partial charge on any atom is -0.385 e. The van der Waals surface area contributed by atoms with Crippen LogP contribution < -0.4 is 10.6 Å². The summed E-state index contributed by atoms with van der Waals surface area (Å²) in [5.41, 5.74) is 0. The Kier molecular flexibility index (Phi) is 4.58. The third-order valence-electron chi connectivity index (χ3n) is 2.34. The van der Waals surface area contributed by atoms with Crippen LogP contribution in [0.4, 0.5) is 0 Å². The van der Waals surface area contributed by atoms with E-state index >= 15 is 0 Å². The van der Waals surface area contributed by atoms with E-state index < -0.39 is 0 Å². The molecule has 0 aliphatic carbocycles. The van der Waals surface area contributed by atoms with E-state index in [9.17, 15) is 0 Å². The van der Waals surface area contributed by atoms with Crippen molar-refractivity contribution in [3.05, 3.63) is 0 Å². The van der Waals surface area contributed by atoms with Gasteiger partial charge in [-0.15, -0.1) is 0 Å². The first-order chi connectivity index (χ1) is 5.83. The van der Waals surface area contributed by atoms with Gasteiger partial charge in [-0.3, -0.25) is 0 Å². The van der Waals surface area contributed by atoms with E-state index in [0.29, 0.717) is 12.1 Å². The maximum Gasteiger partial charge on any atom is 0.0476 e. The molecule has 1 saturated heterocycles. The highest BCUT2D eigenvalue weighted by Crippen LogP contribution is 2.00. The molecule has 1 aliphatic rings. The average Bonchev–Trinajstić information content (AvgIpc) is 2.53. The van der Waals surface area contributed by atoms with Crippen LogP contribution >= 0.6 is 0 Å². The monoisotopic (exact) mass is 172 g/mol. The molecule has 2 unspecified atom stereocenters. The van der Waals surface area contributed by atoms with Gasteiger partial charge in [0.25, 0.3) is 0 Å². The summed E-state index contributed by atoms with van der Waals surface area (Å²) in [6.45, 7) is 5.36. The van der Waals surface area contributed by atoms with Gasteiger partial charge < -0.3 is 15.4 Å². The van der Waals surface area contributed by atoms with Gasteiger partial charge in [0.05, 0.1) is 0 Å². The van der Waals surface area contributed by atoms with Crippen molar-refractivity contribution in [2.75, 3.05) is 26.8 Å². The Hall–Kier alpha value is -0.120. The third-order valence-corrected chi connectivity index (χ3v) is 2.34. The van der Waals surface area contributed by atoms with Gasteiger partial charge in [0.2, 0.25) is 0 Å². The van der Waals surface area contributed by atoms with E-state index in [1.807, 2.05) is 0 Å². The quantitative estimate of drug-likeness (QED) is 0.628. The summed E-state index contributed by atoms with van der Waals surface area (Å²) >= 11 is 0. The summed E-state index contributed by atoms with van der Waals surface area (Å²) in [6, 6.07) is 1.26. The standard InChI is InChI=1S/C9H20N2O/c1-8(4-6-12-2)11-9-3-5-10-7-9/h8-11H,3-7H2,1-2H3. The summed E-state index contributed by atoms with van der Waals surface area (Å²) in [6.07, 6.45) is 2.37. The molecule has 12 heavy (non-hydrogen) atoms. The van der Waals surface area contributed by atoms with Gasteiger partial charge >= 0.3 is 0 Å². The minimum absolute atomic E-state index is 0.579. The Morgan fingerprint density at radius 1 is 1.67 bits per heavy atom. The van der Waals surface area contributed by atoms with Crippen molar-refractivity contribution in [1.82, 2.24) is 10.6 Å². The van der Waals surface area contributed by atoms with Gasteiger partial charge in [0.1, 0.15) is 0 Å². The van der Waals surface area contributed by atoms with Crippen LogP contribution in [0.2, 0.25) is 0 Å². The second-order valence-corrected chi connectivity index (χ2v) is 3.54. The van der Waals surface area contributed by atoms with Crippen LogP contribution in [-0.4, -0.2) is 38.9 Å². The molecule has 0 aromatic rings. The number of methoxy groups -OCH3 is 1. The number of nitrogens with one attached hydrogen (secondary N) is 2. The molecule has 72 valence electrons. The first-order valence-electron chi connectivity index (χ1n) is 4.78. The molecule has 1 aliphatic heterocycles. The molecule has 1 heterocycles. The van der Waals surface area contributed by atoms with Crippen LogP contribution in [0.25, 0.3) is 0 Å². The number of hydrogen-bond donors (Lipinski definition) is 2. The maximum absolute atomic E-state index is 5.02. The summed E-state index contributed by atoms with van der Waals surface area (Å²) in [4.78, 5) is 0. The molecule has 0 amide bonds. The molecule has 2 atom stereocenters. The van der Waals surface area contributed by atoms with Crippen LogP contribution in [0.1, 0.15) is 19.8 Å². The van der Waals surface area contributed by atoms with Crippen LogP contribution in [0, 0.1) is 0 Å². The minimum atomic E-state index is 0.579. The highest BCUT2D eigenvalue weighted by molar-refractivity contribution is 4.79. The second kappa shape index (κ2) is 5.51. The zero-order valence-corrected chi connectivity index (χ0v) is 8.10. The lowest BCUT2D eigenvalue weighted by Gasteiger charge is -2.18. The normalized spacial score (nSPS) is 26.0. The second-order valence-electron chi connectivity index (χ2n) is 3.54. The van der Waals surface area contributed by atoms with E-state index in [1.165, 1.54) is 6.42 Å². The topological polar surface area (TPSA) is 33.3 Å². The predicted octanol–water partition coefficient (Wildman–Crippen LogP) is 0.363. The summed E-state index contributed by atoms with van der Waals surface area (Å²) < 4.78 is 5.02. The van der Waals surface area contributed by atoms with Crippen molar-refractivity contribution in [3.63, 3.8) is 0 Å². The molecule has 0 aromatic carbocycles. The molecule has 3 heteroatoms. The zero-order chi connectivity index (χ0) is 8.81. The Morgan fingerprint density at radius 3 is 3.08 bits per heavy atom. The van der Waals surface area contributed by atoms with Crippen molar-refractivity contribution < 1.29 is 4.74 Å². The Morgan fingerprint density at radius 2 is 2.50 bits per heavy atom. The fraction of sp³-hybridized carbons (Fsp3) is 1.00. The molecule has 3 nitrogen and oxygen atoms in total. The van der Waals surface area contributed by atoms with Crippen molar-refractivity contribution in [1.29, 1.82) is 0 Å². The molecule has 0 radical (unpaired) electrons. The van der Waals surface area contributed by atoms with Gasteiger partial charge in [-0.1, -0.05) is 0 Å².